The summed E-state index contributed by atoms with van der Waals surface area (Å²) in [5.41, 5.74) is 4.35. The van der Waals surface area contributed by atoms with E-state index in [4.69, 9.17) is 4.74 Å². The van der Waals surface area contributed by atoms with Crippen molar-refractivity contribution in [1.82, 2.24) is 20.7 Å². The number of aromatic nitrogens is 1. The number of benzene rings is 2. The molecular weight excluding hydrogens is 533 g/mol. The fourth-order valence-corrected chi connectivity index (χ4v) is 4.33. The van der Waals surface area contributed by atoms with Gasteiger partial charge < -0.3 is 19.8 Å². The third-order valence-corrected chi connectivity index (χ3v) is 6.33. The van der Waals surface area contributed by atoms with Gasteiger partial charge in [0.15, 0.2) is 0 Å². The number of hydroxylamine groups is 1. The molecule has 1 fully saturated rings. The van der Waals surface area contributed by atoms with Crippen molar-refractivity contribution in [2.45, 2.75) is 32.7 Å². The lowest BCUT2D eigenvalue weighted by Gasteiger charge is -2.19. The van der Waals surface area contributed by atoms with E-state index in [1.54, 1.807) is 12.1 Å². The molecule has 1 aliphatic heterocycles. The standard InChI is InChI=1S/C27H25F3N4O6/c1-15-11-18(20-5-3-4-6-22(20)31-15)14-39-19-9-7-17(8-10-19)24(36)32-23-13-34(16(2)35)12-21(23)25(37)33-40-26(38)27(28,29)30/h3-11,21,23H,12-14H2,1-2H3,(H,32,36)(H,33,37)/t21-,23+/m0/s1. The maximum atomic E-state index is 12.9. The Bertz CT molecular complexity index is 1440. The van der Waals surface area contributed by atoms with Crippen LogP contribution in [0.15, 0.2) is 54.6 Å². The van der Waals surface area contributed by atoms with Crippen LogP contribution in [-0.2, 0) is 25.8 Å². The number of hydrogen-bond acceptors (Lipinski definition) is 7. The van der Waals surface area contributed by atoms with Crippen molar-refractivity contribution in [1.29, 1.82) is 0 Å². The van der Waals surface area contributed by atoms with Crippen molar-refractivity contribution in [2.24, 2.45) is 5.92 Å². The topological polar surface area (TPSA) is 127 Å². The zero-order chi connectivity index (χ0) is 29.0. The lowest BCUT2D eigenvalue weighted by Crippen LogP contribution is -2.47. The van der Waals surface area contributed by atoms with Gasteiger partial charge in [-0.15, -0.1) is 0 Å². The van der Waals surface area contributed by atoms with E-state index in [9.17, 15) is 32.3 Å². The van der Waals surface area contributed by atoms with Crippen LogP contribution in [-0.4, -0.2) is 58.9 Å². The number of likely N-dealkylation sites (tertiary alicyclic amines) is 1. The molecule has 210 valence electrons. The van der Waals surface area contributed by atoms with Gasteiger partial charge in [-0.05, 0) is 43.3 Å². The van der Waals surface area contributed by atoms with E-state index in [1.807, 2.05) is 37.3 Å². The number of nitrogens with one attached hydrogen (secondary N) is 2. The van der Waals surface area contributed by atoms with Gasteiger partial charge in [-0.2, -0.15) is 18.7 Å². The number of aryl methyl sites for hydroxylation is 1. The zero-order valence-corrected chi connectivity index (χ0v) is 21.4. The third-order valence-electron chi connectivity index (χ3n) is 6.33. The van der Waals surface area contributed by atoms with Gasteiger partial charge in [0, 0.05) is 42.2 Å². The van der Waals surface area contributed by atoms with Crippen LogP contribution in [0.1, 0.15) is 28.5 Å². The Morgan fingerprint density at radius 1 is 1.05 bits per heavy atom. The number of halogens is 3. The van der Waals surface area contributed by atoms with Crippen LogP contribution >= 0.6 is 0 Å². The molecule has 10 nitrogen and oxygen atoms in total. The molecule has 3 aromatic rings. The van der Waals surface area contributed by atoms with Gasteiger partial charge in [-0.3, -0.25) is 19.4 Å². The minimum absolute atomic E-state index is 0.0626. The molecule has 40 heavy (non-hydrogen) atoms. The minimum Gasteiger partial charge on any atom is -0.489 e. The average molecular weight is 559 g/mol. The van der Waals surface area contributed by atoms with Crippen molar-refractivity contribution in [3.63, 3.8) is 0 Å². The Morgan fingerprint density at radius 2 is 1.75 bits per heavy atom. The Balaban J connectivity index is 1.39. The Hall–Kier alpha value is -4.68. The highest BCUT2D eigenvalue weighted by Gasteiger charge is 2.44. The number of pyridine rings is 1. The van der Waals surface area contributed by atoms with Gasteiger partial charge >= 0.3 is 12.1 Å². The van der Waals surface area contributed by atoms with Crippen molar-refractivity contribution in [3.05, 3.63) is 71.4 Å². The molecule has 0 unspecified atom stereocenters. The van der Waals surface area contributed by atoms with Crippen molar-refractivity contribution < 1.29 is 41.9 Å². The van der Waals surface area contributed by atoms with Gasteiger partial charge in [0.25, 0.3) is 11.8 Å². The summed E-state index contributed by atoms with van der Waals surface area (Å²) in [4.78, 5) is 57.7. The molecule has 0 radical (unpaired) electrons. The van der Waals surface area contributed by atoms with Crippen molar-refractivity contribution >= 4 is 34.6 Å². The molecule has 2 atom stereocenters. The van der Waals surface area contributed by atoms with Crippen molar-refractivity contribution in [3.8, 4) is 5.75 Å². The quantitative estimate of drug-likeness (QED) is 0.446. The molecule has 13 heteroatoms. The normalized spacial score (nSPS) is 16.9. The van der Waals surface area contributed by atoms with E-state index in [1.165, 1.54) is 29.4 Å². The van der Waals surface area contributed by atoms with Crippen LogP contribution in [0.5, 0.6) is 5.75 Å². The maximum Gasteiger partial charge on any atom is 0.493 e. The first kappa shape index (κ1) is 28.3. The smallest absolute Gasteiger partial charge is 0.489 e. The van der Waals surface area contributed by atoms with E-state index in [-0.39, 0.29) is 25.3 Å². The van der Waals surface area contributed by atoms with Crippen LogP contribution in [0, 0.1) is 12.8 Å². The highest BCUT2D eigenvalue weighted by molar-refractivity contribution is 5.95. The summed E-state index contributed by atoms with van der Waals surface area (Å²) in [7, 11) is 0. The van der Waals surface area contributed by atoms with E-state index in [2.05, 4.69) is 15.1 Å². The van der Waals surface area contributed by atoms with Crippen LogP contribution in [0.4, 0.5) is 13.2 Å². The number of ether oxygens (including phenoxy) is 1. The Kier molecular flexibility index (Phi) is 8.21. The molecule has 3 amide bonds. The average Bonchev–Trinajstić information content (AvgIpc) is 3.34. The van der Waals surface area contributed by atoms with Crippen molar-refractivity contribution in [2.75, 3.05) is 13.1 Å². The number of hydrogen-bond donors (Lipinski definition) is 2. The highest BCUT2D eigenvalue weighted by Crippen LogP contribution is 2.22. The number of fused-ring (bicyclic) bond motifs is 1. The van der Waals surface area contributed by atoms with Crippen LogP contribution in [0.2, 0.25) is 0 Å². The number of nitrogens with zero attached hydrogens (tertiary/aromatic N) is 2. The molecule has 0 bridgehead atoms. The first-order valence-electron chi connectivity index (χ1n) is 12.1. The van der Waals surface area contributed by atoms with Gasteiger partial charge in [-0.25, -0.2) is 4.79 Å². The fraction of sp³-hybridized carbons (Fsp3) is 0.296. The lowest BCUT2D eigenvalue weighted by atomic mass is 10.0. The summed E-state index contributed by atoms with van der Waals surface area (Å²) in [6.07, 6.45) is -5.30. The second kappa shape index (κ2) is 11.6. The number of carbonyl (C=O) groups excluding carboxylic acids is 4. The van der Waals surface area contributed by atoms with Crippen LogP contribution < -0.4 is 15.5 Å². The highest BCUT2D eigenvalue weighted by atomic mass is 19.4. The molecule has 1 aromatic heterocycles. The Labute approximate surface area is 226 Å². The fourth-order valence-electron chi connectivity index (χ4n) is 4.33. The molecule has 4 rings (SSSR count). The van der Waals surface area contributed by atoms with E-state index in [0.717, 1.165) is 22.2 Å². The second-order valence-corrected chi connectivity index (χ2v) is 9.22. The summed E-state index contributed by atoms with van der Waals surface area (Å²) in [6.45, 7) is 3.16. The summed E-state index contributed by atoms with van der Waals surface area (Å²) in [5, 5.41) is 3.59. The molecule has 0 saturated carbocycles. The van der Waals surface area contributed by atoms with Crippen LogP contribution in [0.3, 0.4) is 0 Å². The van der Waals surface area contributed by atoms with E-state index >= 15 is 0 Å². The molecule has 0 aliphatic carbocycles. The van der Waals surface area contributed by atoms with Gasteiger partial charge in [0.1, 0.15) is 12.4 Å². The molecular formula is C27H25F3N4O6. The first-order valence-corrected chi connectivity index (χ1v) is 12.1. The lowest BCUT2D eigenvalue weighted by molar-refractivity contribution is -0.208. The number of rotatable bonds is 6. The monoisotopic (exact) mass is 558 g/mol. The van der Waals surface area contributed by atoms with Gasteiger partial charge in [-0.1, -0.05) is 18.2 Å². The molecule has 2 N–H and O–H groups in total. The maximum absolute atomic E-state index is 12.9. The second-order valence-electron chi connectivity index (χ2n) is 9.22. The van der Waals surface area contributed by atoms with E-state index < -0.39 is 41.8 Å². The summed E-state index contributed by atoms with van der Waals surface area (Å²) < 4.78 is 43.0. The molecule has 2 heterocycles. The minimum atomic E-state index is -5.30. The SMILES string of the molecule is CC(=O)N1C[C@H](C(=O)NOC(=O)C(F)(F)F)[C@H](NC(=O)c2ccc(OCc3cc(C)nc4ccccc34)cc2)C1. The number of para-hydroxylation sites is 1. The number of alkyl halides is 3. The number of carbonyl (C=O) groups is 4. The molecule has 1 saturated heterocycles. The summed E-state index contributed by atoms with van der Waals surface area (Å²) in [6, 6.07) is 14.9. The zero-order valence-electron chi connectivity index (χ0n) is 21.4. The predicted molar refractivity (Wildman–Crippen MR) is 135 cm³/mol. The molecule has 2 aromatic carbocycles. The van der Waals surface area contributed by atoms with Gasteiger partial charge in [0.2, 0.25) is 5.91 Å². The van der Waals surface area contributed by atoms with E-state index in [0.29, 0.717) is 5.75 Å². The predicted octanol–water partition coefficient (Wildman–Crippen LogP) is 2.84. The molecule has 0 spiro atoms. The van der Waals surface area contributed by atoms with Crippen LogP contribution in [0.25, 0.3) is 10.9 Å². The third kappa shape index (κ3) is 6.65. The first-order chi connectivity index (χ1) is 18.9. The number of amides is 3. The molecule has 1 aliphatic rings. The Morgan fingerprint density at radius 3 is 2.42 bits per heavy atom. The summed E-state index contributed by atoms with van der Waals surface area (Å²) in [5.74, 6) is -5.33. The van der Waals surface area contributed by atoms with Gasteiger partial charge in [0.05, 0.1) is 17.5 Å². The largest absolute Gasteiger partial charge is 0.493 e. The summed E-state index contributed by atoms with van der Waals surface area (Å²) >= 11 is 0.